The molecule has 142 valence electrons. The Labute approximate surface area is 152 Å². The van der Waals surface area contributed by atoms with Gasteiger partial charge in [0.1, 0.15) is 0 Å². The Kier molecular flexibility index (Phi) is 6.70. The molecule has 0 N–H and O–H groups in total. The Morgan fingerprint density at radius 1 is 0.680 bits per heavy atom. The Hall–Kier alpha value is -1.14. The van der Waals surface area contributed by atoms with Crippen molar-refractivity contribution < 1.29 is 9.59 Å². The van der Waals surface area contributed by atoms with E-state index in [1.807, 2.05) is 9.80 Å². The third-order valence-corrected chi connectivity index (χ3v) is 6.03. The molecular formula is C19H34N4O2. The average Bonchev–Trinajstić information content (AvgIpc) is 2.64. The molecule has 3 saturated heterocycles. The van der Waals surface area contributed by atoms with Gasteiger partial charge in [0.05, 0.1) is 13.1 Å². The molecule has 0 bridgehead atoms. The molecule has 6 nitrogen and oxygen atoms in total. The van der Waals surface area contributed by atoms with Crippen molar-refractivity contribution in [1.29, 1.82) is 0 Å². The van der Waals surface area contributed by atoms with Crippen LogP contribution >= 0.6 is 0 Å². The summed E-state index contributed by atoms with van der Waals surface area (Å²) in [7, 11) is 0. The first-order chi connectivity index (χ1) is 12.1. The van der Waals surface area contributed by atoms with E-state index in [2.05, 4.69) is 16.7 Å². The second-order valence-electron chi connectivity index (χ2n) is 8.06. The third kappa shape index (κ3) is 5.42. The van der Waals surface area contributed by atoms with E-state index in [1.165, 1.54) is 6.42 Å². The maximum absolute atomic E-state index is 12.4. The van der Waals surface area contributed by atoms with E-state index in [4.69, 9.17) is 0 Å². The summed E-state index contributed by atoms with van der Waals surface area (Å²) in [6, 6.07) is 0. The first-order valence-corrected chi connectivity index (χ1v) is 10.1. The fraction of sp³-hybridized carbons (Fsp3) is 0.895. The molecule has 0 aliphatic carbocycles. The summed E-state index contributed by atoms with van der Waals surface area (Å²) in [5, 5.41) is 0. The van der Waals surface area contributed by atoms with Crippen LogP contribution in [0.5, 0.6) is 0 Å². The molecule has 0 spiro atoms. The molecule has 0 radical (unpaired) electrons. The van der Waals surface area contributed by atoms with Gasteiger partial charge in [-0.2, -0.15) is 0 Å². The number of hydrogen-bond donors (Lipinski definition) is 0. The summed E-state index contributed by atoms with van der Waals surface area (Å²) in [5.74, 6) is 1.32. The number of piperazine rings is 1. The standard InChI is InChI=1S/C19H34N4O2/c1-17-5-9-23(10-6-17)19(25)16-21-13-11-20(12-14-21)15-18(24)22-7-3-2-4-8-22/h17H,2-16H2,1H3. The van der Waals surface area contributed by atoms with E-state index >= 15 is 0 Å². The van der Waals surface area contributed by atoms with Crippen molar-refractivity contribution in [3.05, 3.63) is 0 Å². The van der Waals surface area contributed by atoms with E-state index in [0.29, 0.717) is 13.1 Å². The fourth-order valence-electron chi connectivity index (χ4n) is 4.09. The summed E-state index contributed by atoms with van der Waals surface area (Å²) >= 11 is 0. The van der Waals surface area contributed by atoms with E-state index in [0.717, 1.165) is 84.0 Å². The summed E-state index contributed by atoms with van der Waals surface area (Å²) in [6.45, 7) is 10.6. The minimum absolute atomic E-state index is 0.282. The highest BCUT2D eigenvalue weighted by atomic mass is 16.2. The van der Waals surface area contributed by atoms with Crippen LogP contribution < -0.4 is 0 Å². The van der Waals surface area contributed by atoms with E-state index in [9.17, 15) is 9.59 Å². The lowest BCUT2D eigenvalue weighted by Crippen LogP contribution is -2.53. The number of carbonyl (C=O) groups is 2. The zero-order valence-electron chi connectivity index (χ0n) is 15.8. The Bertz CT molecular complexity index is 448. The maximum Gasteiger partial charge on any atom is 0.236 e. The number of nitrogens with zero attached hydrogens (tertiary/aromatic N) is 4. The number of amides is 2. The van der Waals surface area contributed by atoms with Crippen molar-refractivity contribution >= 4 is 11.8 Å². The van der Waals surface area contributed by atoms with Crippen LogP contribution in [0.15, 0.2) is 0 Å². The molecule has 0 aromatic carbocycles. The van der Waals surface area contributed by atoms with Gasteiger partial charge in [-0.3, -0.25) is 19.4 Å². The maximum atomic E-state index is 12.4. The van der Waals surface area contributed by atoms with Crippen molar-refractivity contribution in [2.24, 2.45) is 5.92 Å². The normalized spacial score (nSPS) is 24.5. The quantitative estimate of drug-likeness (QED) is 0.755. The molecule has 3 rings (SSSR count). The molecule has 3 aliphatic heterocycles. The lowest BCUT2D eigenvalue weighted by Gasteiger charge is -2.37. The number of rotatable bonds is 4. The summed E-state index contributed by atoms with van der Waals surface area (Å²) in [4.78, 5) is 33.4. The molecule has 3 heterocycles. The molecule has 0 aromatic rings. The molecule has 25 heavy (non-hydrogen) atoms. The van der Waals surface area contributed by atoms with Crippen LogP contribution in [0, 0.1) is 5.92 Å². The Morgan fingerprint density at radius 2 is 1.12 bits per heavy atom. The molecule has 6 heteroatoms. The van der Waals surface area contributed by atoms with Gasteiger partial charge >= 0.3 is 0 Å². The van der Waals surface area contributed by atoms with Crippen LogP contribution in [0.2, 0.25) is 0 Å². The molecular weight excluding hydrogens is 316 g/mol. The second kappa shape index (κ2) is 8.99. The highest BCUT2D eigenvalue weighted by Gasteiger charge is 2.26. The molecule has 0 unspecified atom stereocenters. The van der Waals surface area contributed by atoms with Crippen LogP contribution in [0.3, 0.4) is 0 Å². The largest absolute Gasteiger partial charge is 0.342 e. The van der Waals surface area contributed by atoms with Gasteiger partial charge in [-0.15, -0.1) is 0 Å². The number of likely N-dealkylation sites (tertiary alicyclic amines) is 2. The number of hydrogen-bond acceptors (Lipinski definition) is 4. The SMILES string of the molecule is CC1CCN(C(=O)CN2CCN(CC(=O)N3CCCCC3)CC2)CC1. The molecule has 3 aliphatic rings. The van der Waals surface area contributed by atoms with Crippen LogP contribution in [0.25, 0.3) is 0 Å². The minimum atomic E-state index is 0.282. The van der Waals surface area contributed by atoms with Gasteiger partial charge in [0, 0.05) is 52.4 Å². The van der Waals surface area contributed by atoms with E-state index in [-0.39, 0.29) is 11.8 Å². The van der Waals surface area contributed by atoms with Crippen molar-refractivity contribution in [3.63, 3.8) is 0 Å². The Morgan fingerprint density at radius 3 is 1.60 bits per heavy atom. The number of carbonyl (C=O) groups excluding carboxylic acids is 2. The van der Waals surface area contributed by atoms with Crippen LogP contribution in [-0.2, 0) is 9.59 Å². The van der Waals surface area contributed by atoms with Crippen LogP contribution in [-0.4, -0.2) is 96.9 Å². The second-order valence-corrected chi connectivity index (χ2v) is 8.06. The van der Waals surface area contributed by atoms with Gasteiger partial charge in [-0.25, -0.2) is 0 Å². The zero-order chi connectivity index (χ0) is 17.6. The van der Waals surface area contributed by atoms with Gasteiger partial charge in [0.2, 0.25) is 11.8 Å². The smallest absolute Gasteiger partial charge is 0.236 e. The van der Waals surface area contributed by atoms with Crippen molar-refractivity contribution in [2.75, 3.05) is 65.4 Å². The van der Waals surface area contributed by atoms with E-state index < -0.39 is 0 Å². The topological polar surface area (TPSA) is 47.1 Å². The van der Waals surface area contributed by atoms with E-state index in [1.54, 1.807) is 0 Å². The van der Waals surface area contributed by atoms with Gasteiger partial charge in [0.15, 0.2) is 0 Å². The fourth-order valence-corrected chi connectivity index (χ4v) is 4.09. The summed E-state index contributed by atoms with van der Waals surface area (Å²) in [6.07, 6.45) is 5.83. The molecule has 0 saturated carbocycles. The van der Waals surface area contributed by atoms with Gasteiger partial charge in [-0.1, -0.05) is 6.92 Å². The summed E-state index contributed by atoms with van der Waals surface area (Å²) in [5.41, 5.74) is 0. The molecule has 0 atom stereocenters. The summed E-state index contributed by atoms with van der Waals surface area (Å²) < 4.78 is 0. The molecule has 3 fully saturated rings. The highest BCUT2D eigenvalue weighted by Crippen LogP contribution is 2.16. The molecule has 2 amide bonds. The first-order valence-electron chi connectivity index (χ1n) is 10.1. The first kappa shape index (κ1) is 18.6. The molecule has 0 aromatic heterocycles. The third-order valence-electron chi connectivity index (χ3n) is 6.03. The predicted octanol–water partition coefficient (Wildman–Crippen LogP) is 0.875. The average molecular weight is 351 g/mol. The van der Waals surface area contributed by atoms with Crippen molar-refractivity contribution in [1.82, 2.24) is 19.6 Å². The van der Waals surface area contributed by atoms with Crippen LogP contribution in [0.1, 0.15) is 39.0 Å². The lowest BCUT2D eigenvalue weighted by atomic mass is 9.99. The van der Waals surface area contributed by atoms with Gasteiger partial charge < -0.3 is 9.80 Å². The Balaban J connectivity index is 1.35. The van der Waals surface area contributed by atoms with Gasteiger partial charge in [-0.05, 0) is 38.0 Å². The van der Waals surface area contributed by atoms with Crippen molar-refractivity contribution in [2.45, 2.75) is 39.0 Å². The lowest BCUT2D eigenvalue weighted by molar-refractivity contribution is -0.136. The van der Waals surface area contributed by atoms with Crippen LogP contribution in [0.4, 0.5) is 0 Å². The predicted molar refractivity (Wildman–Crippen MR) is 98.3 cm³/mol. The monoisotopic (exact) mass is 350 g/mol. The van der Waals surface area contributed by atoms with Gasteiger partial charge in [0.25, 0.3) is 0 Å². The highest BCUT2D eigenvalue weighted by molar-refractivity contribution is 5.79. The minimum Gasteiger partial charge on any atom is -0.342 e. The van der Waals surface area contributed by atoms with Crippen molar-refractivity contribution in [3.8, 4) is 0 Å². The number of piperidine rings is 2. The zero-order valence-corrected chi connectivity index (χ0v) is 15.8.